The average molecular weight is 433 g/mol. The summed E-state index contributed by atoms with van der Waals surface area (Å²) in [5.74, 6) is -1.02. The molecule has 0 aromatic heterocycles. The third-order valence-corrected chi connectivity index (χ3v) is 6.03. The van der Waals surface area contributed by atoms with Crippen molar-refractivity contribution in [1.82, 2.24) is 9.80 Å². The first-order chi connectivity index (χ1) is 14.6. The minimum atomic E-state index is -1.02. The molecule has 1 atom stereocenters. The molecule has 0 saturated carbocycles. The maximum absolute atomic E-state index is 12.8. The summed E-state index contributed by atoms with van der Waals surface area (Å²) < 4.78 is 10.9. The number of amides is 2. The standard InChI is InChI=1S/C23H32N2O6/c1-22(2,3)31-20(28)24-13-11-23(12-14-24)10-9-18(19(26)27)25(16-23)21(29)30-15-17-7-5-4-6-8-17/h4-8,18H,9-16H2,1-3H3,(H,26,27)/t18-/m0/s1. The zero-order chi connectivity index (χ0) is 22.6. The van der Waals surface area contributed by atoms with Crippen LogP contribution in [-0.4, -0.2) is 64.3 Å². The van der Waals surface area contributed by atoms with Crippen molar-refractivity contribution in [3.05, 3.63) is 35.9 Å². The van der Waals surface area contributed by atoms with Crippen molar-refractivity contribution in [3.63, 3.8) is 0 Å². The summed E-state index contributed by atoms with van der Waals surface area (Å²) in [6.07, 6.45) is 1.53. The molecule has 31 heavy (non-hydrogen) atoms. The number of carboxylic acid groups (broad SMARTS) is 1. The summed E-state index contributed by atoms with van der Waals surface area (Å²) in [7, 11) is 0. The maximum Gasteiger partial charge on any atom is 0.410 e. The van der Waals surface area contributed by atoms with E-state index in [1.807, 2.05) is 51.1 Å². The first-order valence-electron chi connectivity index (χ1n) is 10.8. The van der Waals surface area contributed by atoms with Crippen molar-refractivity contribution >= 4 is 18.2 Å². The van der Waals surface area contributed by atoms with E-state index in [9.17, 15) is 19.5 Å². The lowest BCUT2D eigenvalue weighted by Gasteiger charge is -2.48. The average Bonchev–Trinajstić information content (AvgIpc) is 2.71. The lowest BCUT2D eigenvalue weighted by molar-refractivity contribution is -0.146. The highest BCUT2D eigenvalue weighted by Gasteiger charge is 2.46. The Morgan fingerprint density at radius 2 is 1.71 bits per heavy atom. The van der Waals surface area contributed by atoms with E-state index in [4.69, 9.17) is 9.47 Å². The van der Waals surface area contributed by atoms with Crippen LogP contribution in [0.5, 0.6) is 0 Å². The van der Waals surface area contributed by atoms with E-state index in [-0.39, 0.29) is 18.1 Å². The van der Waals surface area contributed by atoms with Crippen LogP contribution >= 0.6 is 0 Å². The number of likely N-dealkylation sites (tertiary alicyclic amines) is 2. The van der Waals surface area contributed by atoms with Crippen LogP contribution in [0, 0.1) is 5.41 Å². The zero-order valence-electron chi connectivity index (χ0n) is 18.5. The second-order valence-corrected chi connectivity index (χ2v) is 9.53. The van der Waals surface area contributed by atoms with Crippen molar-refractivity contribution < 1.29 is 29.0 Å². The van der Waals surface area contributed by atoms with Crippen molar-refractivity contribution in [3.8, 4) is 0 Å². The number of carboxylic acids is 1. The van der Waals surface area contributed by atoms with E-state index >= 15 is 0 Å². The lowest BCUT2D eigenvalue weighted by atomic mass is 9.71. The highest BCUT2D eigenvalue weighted by atomic mass is 16.6. The molecule has 8 nitrogen and oxygen atoms in total. The number of benzene rings is 1. The summed E-state index contributed by atoms with van der Waals surface area (Å²) in [5, 5.41) is 9.63. The minimum Gasteiger partial charge on any atom is -0.480 e. The third-order valence-electron chi connectivity index (χ3n) is 6.03. The molecule has 170 valence electrons. The molecule has 1 spiro atoms. The molecule has 3 rings (SSSR count). The number of piperidine rings is 2. The molecule has 8 heteroatoms. The zero-order valence-corrected chi connectivity index (χ0v) is 18.5. The first-order valence-corrected chi connectivity index (χ1v) is 10.8. The summed E-state index contributed by atoms with van der Waals surface area (Å²) in [5.41, 5.74) is 0.0847. The number of ether oxygens (including phenoxy) is 2. The van der Waals surface area contributed by atoms with E-state index in [0.717, 1.165) is 5.56 Å². The predicted octanol–water partition coefficient (Wildman–Crippen LogP) is 3.89. The third kappa shape index (κ3) is 5.89. The summed E-state index contributed by atoms with van der Waals surface area (Å²) >= 11 is 0. The Balaban J connectivity index is 1.63. The van der Waals surface area contributed by atoms with Crippen molar-refractivity contribution in [2.45, 2.75) is 64.7 Å². The Morgan fingerprint density at radius 3 is 2.29 bits per heavy atom. The summed E-state index contributed by atoms with van der Waals surface area (Å²) in [6, 6.07) is 8.41. The largest absolute Gasteiger partial charge is 0.480 e. The molecule has 1 N–H and O–H groups in total. The fraction of sp³-hybridized carbons (Fsp3) is 0.609. The van der Waals surface area contributed by atoms with E-state index in [1.165, 1.54) is 4.90 Å². The molecule has 1 aromatic carbocycles. The molecule has 0 radical (unpaired) electrons. The molecule has 2 amide bonds. The second-order valence-electron chi connectivity index (χ2n) is 9.53. The van der Waals surface area contributed by atoms with E-state index in [2.05, 4.69) is 0 Å². The van der Waals surface area contributed by atoms with Gasteiger partial charge in [0.25, 0.3) is 0 Å². The van der Waals surface area contributed by atoms with Gasteiger partial charge in [-0.3, -0.25) is 4.90 Å². The van der Waals surface area contributed by atoms with Crippen LogP contribution in [0.25, 0.3) is 0 Å². The van der Waals surface area contributed by atoms with Gasteiger partial charge in [-0.1, -0.05) is 30.3 Å². The van der Waals surface area contributed by atoms with E-state index < -0.39 is 23.7 Å². The normalized spacial score (nSPS) is 20.9. The molecule has 1 aromatic rings. The quantitative estimate of drug-likeness (QED) is 0.778. The molecule has 2 aliphatic heterocycles. The topological polar surface area (TPSA) is 96.4 Å². The Bertz CT molecular complexity index is 796. The van der Waals surface area contributed by atoms with Gasteiger partial charge in [-0.25, -0.2) is 14.4 Å². The highest BCUT2D eigenvalue weighted by Crippen LogP contribution is 2.42. The lowest BCUT2D eigenvalue weighted by Crippen LogP contribution is -2.57. The highest BCUT2D eigenvalue weighted by molar-refractivity contribution is 5.80. The number of carbonyl (C=O) groups is 3. The molecular formula is C23H32N2O6. The van der Waals surface area contributed by atoms with Gasteiger partial charge < -0.3 is 19.5 Å². The van der Waals surface area contributed by atoms with Crippen LogP contribution in [0.4, 0.5) is 9.59 Å². The van der Waals surface area contributed by atoms with Crippen molar-refractivity contribution in [2.75, 3.05) is 19.6 Å². The smallest absolute Gasteiger partial charge is 0.410 e. The van der Waals surface area contributed by atoms with Gasteiger partial charge >= 0.3 is 18.2 Å². The summed E-state index contributed by atoms with van der Waals surface area (Å²) in [4.78, 5) is 40.0. The van der Waals surface area contributed by atoms with Gasteiger partial charge in [-0.05, 0) is 57.4 Å². The fourth-order valence-electron chi connectivity index (χ4n) is 4.30. The number of carbonyl (C=O) groups excluding carboxylic acids is 2. The monoisotopic (exact) mass is 432 g/mol. The van der Waals surface area contributed by atoms with Crippen LogP contribution in [0.3, 0.4) is 0 Å². The van der Waals surface area contributed by atoms with E-state index in [0.29, 0.717) is 45.3 Å². The van der Waals surface area contributed by atoms with Crippen LogP contribution in [0.15, 0.2) is 30.3 Å². The molecule has 2 aliphatic rings. The van der Waals surface area contributed by atoms with Gasteiger partial charge in [-0.15, -0.1) is 0 Å². The number of rotatable bonds is 3. The van der Waals surface area contributed by atoms with Gasteiger partial charge in [0.1, 0.15) is 18.2 Å². The van der Waals surface area contributed by atoms with Crippen LogP contribution in [0.1, 0.15) is 52.0 Å². The second kappa shape index (κ2) is 9.16. The number of hydrogen-bond donors (Lipinski definition) is 1. The van der Waals surface area contributed by atoms with Gasteiger partial charge in [0.05, 0.1) is 0 Å². The van der Waals surface area contributed by atoms with Crippen molar-refractivity contribution in [2.24, 2.45) is 5.41 Å². The van der Waals surface area contributed by atoms with Crippen LogP contribution in [0.2, 0.25) is 0 Å². The molecule has 2 fully saturated rings. The molecule has 2 heterocycles. The Hall–Kier alpha value is -2.77. The van der Waals surface area contributed by atoms with Crippen LogP contribution < -0.4 is 0 Å². The minimum absolute atomic E-state index is 0.0991. The SMILES string of the molecule is CC(C)(C)OC(=O)N1CCC2(CC[C@@H](C(=O)O)N(C(=O)OCc3ccccc3)C2)CC1. The van der Waals surface area contributed by atoms with Crippen LogP contribution in [-0.2, 0) is 20.9 Å². The molecule has 0 unspecified atom stereocenters. The Kier molecular flexibility index (Phi) is 6.77. The number of hydrogen-bond acceptors (Lipinski definition) is 5. The predicted molar refractivity (Wildman–Crippen MR) is 113 cm³/mol. The Morgan fingerprint density at radius 1 is 1.06 bits per heavy atom. The number of nitrogens with zero attached hydrogens (tertiary/aromatic N) is 2. The molecule has 2 saturated heterocycles. The summed E-state index contributed by atoms with van der Waals surface area (Å²) in [6.45, 7) is 6.98. The molecule has 0 aliphatic carbocycles. The van der Waals surface area contributed by atoms with Gasteiger partial charge in [0.2, 0.25) is 0 Å². The molecular weight excluding hydrogens is 400 g/mol. The van der Waals surface area contributed by atoms with Gasteiger partial charge in [0, 0.05) is 19.6 Å². The Labute approximate surface area is 183 Å². The van der Waals surface area contributed by atoms with Gasteiger partial charge in [-0.2, -0.15) is 0 Å². The van der Waals surface area contributed by atoms with Crippen molar-refractivity contribution in [1.29, 1.82) is 0 Å². The fourth-order valence-corrected chi connectivity index (χ4v) is 4.30. The van der Waals surface area contributed by atoms with Gasteiger partial charge in [0.15, 0.2) is 0 Å². The first kappa shape index (κ1) is 22.9. The molecule has 0 bridgehead atoms. The maximum atomic E-state index is 12.8. The number of aliphatic carboxylic acids is 1. The van der Waals surface area contributed by atoms with E-state index in [1.54, 1.807) is 4.90 Å².